The topological polar surface area (TPSA) is 439 Å². The number of aliphatic hydroxyl groups is 1. The van der Waals surface area contributed by atoms with E-state index in [9.17, 15) is 48.7 Å². The molecular formula is C71H98ClN15O13S. The number of benzene rings is 3. The minimum Gasteiger partial charge on any atom is -0.508 e. The van der Waals surface area contributed by atoms with Crippen LogP contribution in [0.2, 0.25) is 5.02 Å². The van der Waals surface area contributed by atoms with Crippen molar-refractivity contribution in [2.24, 2.45) is 45.4 Å². The fourth-order valence-electron chi connectivity index (χ4n) is 12.3. The molecule has 16 N–H and O–H groups in total. The van der Waals surface area contributed by atoms with Crippen molar-refractivity contribution in [1.29, 1.82) is 0 Å². The van der Waals surface area contributed by atoms with Gasteiger partial charge in [0.25, 0.3) is 0 Å². The second-order valence-corrected chi connectivity index (χ2v) is 28.0. The Labute approximate surface area is 597 Å². The smallest absolute Gasteiger partial charge is 0.243 e. The van der Waals surface area contributed by atoms with E-state index in [0.29, 0.717) is 22.6 Å². The maximum absolute atomic E-state index is 16.1. The Balaban J connectivity index is 1.35. The highest BCUT2D eigenvalue weighted by Crippen LogP contribution is 2.34. The number of primary amides is 1. The third-order valence-electron chi connectivity index (χ3n) is 18.1. The van der Waals surface area contributed by atoms with E-state index in [-0.39, 0.29) is 82.7 Å². The molecule has 2 aromatic heterocycles. The van der Waals surface area contributed by atoms with E-state index in [2.05, 4.69) is 42.1 Å². The minimum atomic E-state index is -2.30. The molecule has 548 valence electrons. The molecule has 0 aliphatic carbocycles. The number of hydrogen-bond acceptors (Lipinski definition) is 22. The van der Waals surface area contributed by atoms with Crippen molar-refractivity contribution in [2.75, 3.05) is 40.0 Å². The van der Waals surface area contributed by atoms with Gasteiger partial charge >= 0.3 is 0 Å². The number of thiophene rings is 1. The van der Waals surface area contributed by atoms with Crippen molar-refractivity contribution >= 4 is 91.7 Å². The van der Waals surface area contributed by atoms with Gasteiger partial charge in [0.05, 0.1) is 36.8 Å². The molecule has 101 heavy (non-hydrogen) atoms. The van der Waals surface area contributed by atoms with Gasteiger partial charge in [0.1, 0.15) is 35.3 Å². The number of amides is 7. The second-order valence-electron chi connectivity index (χ2n) is 26.6. The number of nitrogens with one attached hydrogen (secondary N) is 6. The highest BCUT2D eigenvalue weighted by Gasteiger charge is 2.52. The molecule has 5 aromatic rings. The molecule has 3 heterocycles. The number of nitrogens with two attached hydrogens (primary N) is 4. The molecule has 0 saturated carbocycles. The van der Waals surface area contributed by atoms with Gasteiger partial charge in [-0.05, 0) is 152 Å². The zero-order chi connectivity index (χ0) is 74.3. The lowest BCUT2D eigenvalue weighted by Crippen LogP contribution is -2.63. The zero-order valence-electron chi connectivity index (χ0n) is 58.3. The van der Waals surface area contributed by atoms with E-state index in [1.807, 2.05) is 35.7 Å². The van der Waals surface area contributed by atoms with Gasteiger partial charge in [0, 0.05) is 74.2 Å². The van der Waals surface area contributed by atoms with E-state index in [4.69, 9.17) is 34.5 Å². The highest BCUT2D eigenvalue weighted by atomic mass is 35.5. The van der Waals surface area contributed by atoms with Crippen LogP contribution in [0.5, 0.6) is 5.75 Å². The van der Waals surface area contributed by atoms with Crippen LogP contribution in [-0.2, 0) is 73.8 Å². The fraction of sp³-hybridized carbons (Fsp3) is 0.507. The molecule has 7 amide bonds. The third-order valence-corrected chi connectivity index (χ3v) is 19.4. The number of aromatic nitrogens is 1. The number of likely N-dealkylation sites (tertiary alicyclic amines) is 1. The number of hydrogen-bond donors (Lipinski definition) is 12. The van der Waals surface area contributed by atoms with Crippen LogP contribution < -0.4 is 54.8 Å². The van der Waals surface area contributed by atoms with Gasteiger partial charge in [-0.1, -0.05) is 87.8 Å². The van der Waals surface area contributed by atoms with Crippen LogP contribution >= 0.6 is 22.9 Å². The summed E-state index contributed by atoms with van der Waals surface area (Å²) in [5.41, 5.74) is 25.9. The van der Waals surface area contributed by atoms with Gasteiger partial charge < -0.3 is 69.9 Å². The van der Waals surface area contributed by atoms with Crippen LogP contribution in [0.1, 0.15) is 109 Å². The van der Waals surface area contributed by atoms with Gasteiger partial charge in [-0.3, -0.25) is 52.9 Å². The van der Waals surface area contributed by atoms with E-state index < -0.39 is 157 Å². The number of rotatable bonds is 42. The maximum atomic E-state index is 16.1. The number of hydrazine groups is 1. The summed E-state index contributed by atoms with van der Waals surface area (Å²) in [6.45, 7) is 7.87. The van der Waals surface area contributed by atoms with Crippen LogP contribution in [0.15, 0.2) is 108 Å². The normalized spacial score (nSPS) is 16.4. The van der Waals surface area contributed by atoms with Gasteiger partial charge in [-0.15, -0.1) is 16.2 Å². The molecule has 0 spiro atoms. The lowest BCUT2D eigenvalue weighted by atomic mass is 9.69. The van der Waals surface area contributed by atoms with E-state index in [0.717, 1.165) is 26.2 Å². The second kappa shape index (κ2) is 39.1. The van der Waals surface area contributed by atoms with Crippen molar-refractivity contribution in [2.45, 2.75) is 173 Å². The van der Waals surface area contributed by atoms with Crippen LogP contribution in [0.3, 0.4) is 0 Å². The highest BCUT2D eigenvalue weighted by molar-refractivity contribution is 7.17. The average molecular weight is 1440 g/mol. The maximum Gasteiger partial charge on any atom is 0.243 e. The fourth-order valence-corrected chi connectivity index (χ4v) is 13.5. The number of Topliss-reactive ketones (excluding diaryl/α,β-unsaturated/α-hetero) is 3. The largest absolute Gasteiger partial charge is 0.508 e. The van der Waals surface area contributed by atoms with Gasteiger partial charge in [0.15, 0.2) is 24.0 Å². The first-order valence-corrected chi connectivity index (χ1v) is 35.2. The van der Waals surface area contributed by atoms with Crippen molar-refractivity contribution in [3.8, 4) is 5.75 Å². The number of pyridine rings is 1. The number of nitroso groups, excluding NO2 is 1. The Bertz CT molecular complexity index is 3650. The Kier molecular flexibility index (Phi) is 31.5. The minimum absolute atomic E-state index is 0.0277. The van der Waals surface area contributed by atoms with Gasteiger partial charge in [-0.25, -0.2) is 10.0 Å². The molecule has 30 heteroatoms. The Morgan fingerprint density at radius 1 is 0.762 bits per heavy atom. The lowest BCUT2D eigenvalue weighted by molar-refractivity contribution is -0.153. The summed E-state index contributed by atoms with van der Waals surface area (Å²) in [5, 5.41) is 47.0. The summed E-state index contributed by atoms with van der Waals surface area (Å²) in [4.78, 5) is 161. The van der Waals surface area contributed by atoms with Crippen molar-refractivity contribution in [1.82, 2.24) is 51.8 Å². The first-order chi connectivity index (χ1) is 48.0. The SMILES string of the molecule is CC(=O)N(CN=O)N(C)[C@@H](Cc1ccc(O)cc1)C(=O)N[C@@H](Cc1ccc(Cl)cc1)C(=O)C(CC[C@H](N)C(=O)N[C@@H](CC(C)C)C(=O)C(CC[C@H](N)C(=O)N1CCC[C@H]1C(=O)N[C@H](C)C(N)=O)(CNC(C)C)C(=O)[C@H](CO)NC(=O)[C@@H](N)Cc1csc2ccccc12)CNCc1cccnc1. The first kappa shape index (κ1) is 81.4. The van der Waals surface area contributed by atoms with Gasteiger partial charge in [0.2, 0.25) is 41.4 Å². The molecule has 1 aliphatic heterocycles. The van der Waals surface area contributed by atoms with Crippen LogP contribution in [-0.4, -0.2) is 189 Å². The van der Waals surface area contributed by atoms with Crippen molar-refractivity contribution < 1.29 is 58.2 Å². The molecule has 28 nitrogen and oxygen atoms in total. The molecule has 0 radical (unpaired) electrons. The van der Waals surface area contributed by atoms with Crippen molar-refractivity contribution in [3.05, 3.63) is 135 Å². The van der Waals surface area contributed by atoms with Crippen LogP contribution in [0, 0.1) is 22.2 Å². The standard InChI is InChI=1S/C71H98ClN15O13S/c1-41(2)30-57(63(92)71(39-79-42(3)4,27-26-54(74)70(99)86-29-11-14-59(86)68(97)81-43(5)65(76)94)64(93)58(37-88)84-67(96)55(75)33-49-38-101-61-15-9-8-13-52(49)61)83-66(95)53(73)25-20-48(36-78-35-47-12-10-28-77-34-47)62(91)56(31-45-16-21-50(72)22-17-45)82-69(98)60(32-46-18-23-51(90)24-19-46)85(7)87(40-80-100)44(6)89/h8-10,12-13,15-19,21-24,28,34,38,41-43,48,53-60,78-79,88,90H,11,14,20,25-27,29-33,35-37,39-40,73-75H2,1-7H3,(H2,76,94)(H,81,97)(H,82,98)(H,83,95)(H,84,96)/t43-,48?,53+,54+,55+,56+,57+,58+,59+,60+,71?/m1/s1. The molecule has 3 aromatic carbocycles. The number of phenols is 1. The Morgan fingerprint density at radius 3 is 2.04 bits per heavy atom. The number of halogens is 1. The molecular weight excluding hydrogens is 1340 g/mol. The summed E-state index contributed by atoms with van der Waals surface area (Å²) in [6, 6.07) is 11.2. The molecule has 2 unspecified atom stereocenters. The predicted octanol–water partition coefficient (Wildman–Crippen LogP) is 2.58. The summed E-state index contributed by atoms with van der Waals surface area (Å²) >= 11 is 7.77. The molecule has 11 atom stereocenters. The lowest BCUT2D eigenvalue weighted by Gasteiger charge is -2.39. The summed E-state index contributed by atoms with van der Waals surface area (Å²) in [7, 11) is 1.42. The van der Waals surface area contributed by atoms with Crippen molar-refractivity contribution in [3.63, 3.8) is 0 Å². The summed E-state index contributed by atoms with van der Waals surface area (Å²) in [5.74, 6) is -8.94. The third kappa shape index (κ3) is 23.3. The molecule has 1 fully saturated rings. The number of nitrogens with zero attached hydrogens (tertiary/aromatic N) is 5. The van der Waals surface area contributed by atoms with Crippen LogP contribution in [0.25, 0.3) is 10.1 Å². The van der Waals surface area contributed by atoms with E-state index >= 15 is 14.4 Å². The molecule has 0 bridgehead atoms. The number of carbonyl (C=O) groups excluding carboxylic acids is 10. The Hall–Kier alpha value is -8.52. The number of ketones is 3. The predicted molar refractivity (Wildman–Crippen MR) is 384 cm³/mol. The zero-order valence-corrected chi connectivity index (χ0v) is 59.8. The molecule has 1 aliphatic rings. The number of aromatic hydroxyl groups is 1. The number of aliphatic hydroxyl groups excluding tert-OH is 1. The number of carbonyl (C=O) groups is 10. The molecule has 1 saturated heterocycles. The Morgan fingerprint density at radius 2 is 1.41 bits per heavy atom. The van der Waals surface area contributed by atoms with E-state index in [1.165, 1.54) is 54.3 Å². The molecule has 6 rings (SSSR count). The van der Waals surface area contributed by atoms with Crippen LogP contribution in [0.4, 0.5) is 0 Å². The summed E-state index contributed by atoms with van der Waals surface area (Å²) in [6.07, 6.45) is 2.49. The average Bonchev–Trinajstić information content (AvgIpc) is 1.06. The van der Waals surface area contributed by atoms with E-state index in [1.54, 1.807) is 82.6 Å². The number of likely N-dealkylation sites (N-methyl/N-ethyl adjacent to an activating group) is 1. The summed E-state index contributed by atoms with van der Waals surface area (Å²) < 4.78 is 0.957. The quantitative estimate of drug-likeness (QED) is 0.0152. The number of phenolic OH excluding ortho intramolecular Hbond substituents is 1. The first-order valence-electron chi connectivity index (χ1n) is 33.9. The van der Waals surface area contributed by atoms with Gasteiger partial charge in [-0.2, -0.15) is 0 Å². The monoisotopic (exact) mass is 1440 g/mol. The number of fused-ring (bicyclic) bond motifs is 1.